The SMILES string of the molecule is C[C@@H](CCC1(O)O[C@H]2C[C@H]3[C@@H]4CC[C@@H]5CC(OC6O[C@H](CO)C(O)C(O)[C@H]6OC6O[C@H](CO)C(O)C(O)C6O)CCC5(C)[C@H]4CCC3(C)[C@@H]2[C@@H]1C)COC1O[C@H](CO)C(O)C(O)C1O. The Labute approximate surface area is 374 Å². The number of fused-ring (bicyclic) bond motifs is 7. The molecule has 12 N–H and O–H groups in total. The van der Waals surface area contributed by atoms with Gasteiger partial charge in [-0.05, 0) is 104 Å². The Balaban J connectivity index is 0.869. The summed E-state index contributed by atoms with van der Waals surface area (Å²) in [7, 11) is 0. The Morgan fingerprint density at radius 2 is 1.20 bits per heavy atom. The van der Waals surface area contributed by atoms with E-state index in [9.17, 15) is 61.3 Å². The highest BCUT2D eigenvalue weighted by atomic mass is 16.8. The van der Waals surface area contributed by atoms with Gasteiger partial charge in [-0.3, -0.25) is 0 Å². The zero-order valence-corrected chi connectivity index (χ0v) is 37.5. The van der Waals surface area contributed by atoms with E-state index in [0.717, 1.165) is 44.9 Å². The van der Waals surface area contributed by atoms with E-state index in [1.54, 1.807) is 0 Å². The lowest BCUT2D eigenvalue weighted by molar-refractivity contribution is -0.373. The number of hydrogen-bond donors (Lipinski definition) is 12. The van der Waals surface area contributed by atoms with E-state index < -0.39 is 118 Å². The van der Waals surface area contributed by atoms with Crippen LogP contribution in [0.4, 0.5) is 0 Å². The topological polar surface area (TPSA) is 307 Å². The quantitative estimate of drug-likeness (QED) is 0.0909. The second-order valence-corrected chi connectivity index (χ2v) is 21.5. The van der Waals surface area contributed by atoms with Crippen LogP contribution < -0.4 is 0 Å². The molecule has 64 heavy (non-hydrogen) atoms. The van der Waals surface area contributed by atoms with Crippen molar-refractivity contribution in [3.05, 3.63) is 0 Å². The normalized spacial score (nSPS) is 55.6. The Morgan fingerprint density at radius 3 is 1.84 bits per heavy atom. The highest BCUT2D eigenvalue weighted by Gasteiger charge is 2.68. The van der Waals surface area contributed by atoms with Gasteiger partial charge in [-0.15, -0.1) is 0 Å². The third kappa shape index (κ3) is 8.65. The monoisotopic (exact) mass is 920 g/mol. The van der Waals surface area contributed by atoms with Crippen molar-refractivity contribution in [3.8, 4) is 0 Å². The molecule has 0 amide bonds. The Morgan fingerprint density at radius 1 is 0.625 bits per heavy atom. The Hall–Kier alpha value is -0.760. The average molecular weight is 921 g/mol. The number of aliphatic hydroxyl groups is 12. The largest absolute Gasteiger partial charge is 0.394 e. The van der Waals surface area contributed by atoms with E-state index in [1.807, 2.05) is 6.92 Å². The molecule has 0 radical (unpaired) electrons. The molecular formula is C45H76O19. The first-order chi connectivity index (χ1) is 30.3. The molecule has 0 spiro atoms. The molecule has 0 bridgehead atoms. The van der Waals surface area contributed by atoms with Crippen molar-refractivity contribution in [2.24, 2.45) is 52.3 Å². The highest BCUT2D eigenvalue weighted by molar-refractivity contribution is 5.15. The van der Waals surface area contributed by atoms with Crippen LogP contribution in [0.5, 0.6) is 0 Å². The van der Waals surface area contributed by atoms with Crippen LogP contribution >= 0.6 is 0 Å². The lowest BCUT2D eigenvalue weighted by Gasteiger charge is -2.61. The molecule has 4 saturated carbocycles. The van der Waals surface area contributed by atoms with Crippen LogP contribution in [0.15, 0.2) is 0 Å². The molecule has 8 aliphatic rings. The summed E-state index contributed by atoms with van der Waals surface area (Å²) in [5.74, 6) is 0.532. The van der Waals surface area contributed by atoms with Crippen LogP contribution in [0, 0.1) is 52.3 Å². The number of hydrogen-bond acceptors (Lipinski definition) is 19. The van der Waals surface area contributed by atoms with Gasteiger partial charge in [-0.1, -0.05) is 27.7 Å². The second-order valence-electron chi connectivity index (χ2n) is 21.5. The van der Waals surface area contributed by atoms with E-state index in [0.29, 0.717) is 42.9 Å². The summed E-state index contributed by atoms with van der Waals surface area (Å²) in [4.78, 5) is 0. The molecule has 27 atom stereocenters. The van der Waals surface area contributed by atoms with Gasteiger partial charge in [-0.25, -0.2) is 0 Å². The van der Waals surface area contributed by atoms with Gasteiger partial charge >= 0.3 is 0 Å². The maximum atomic E-state index is 12.1. The molecule has 15 unspecified atom stereocenters. The molecule has 370 valence electrons. The van der Waals surface area contributed by atoms with Gasteiger partial charge in [0.15, 0.2) is 24.7 Å². The second kappa shape index (κ2) is 19.2. The summed E-state index contributed by atoms with van der Waals surface area (Å²) in [6.07, 6.45) is -13.7. The Kier molecular flexibility index (Phi) is 14.9. The van der Waals surface area contributed by atoms with Gasteiger partial charge in [0.25, 0.3) is 0 Å². The summed E-state index contributed by atoms with van der Waals surface area (Å²) < 4.78 is 42.0. The van der Waals surface area contributed by atoms with Crippen LogP contribution in [0.2, 0.25) is 0 Å². The van der Waals surface area contributed by atoms with Gasteiger partial charge in [-0.2, -0.15) is 0 Å². The molecule has 4 aliphatic heterocycles. The molecule has 0 aromatic rings. The zero-order chi connectivity index (χ0) is 46.2. The minimum atomic E-state index is -1.75. The van der Waals surface area contributed by atoms with Crippen molar-refractivity contribution in [2.45, 2.75) is 202 Å². The maximum Gasteiger partial charge on any atom is 0.187 e. The predicted molar refractivity (Wildman–Crippen MR) is 219 cm³/mol. The number of aliphatic hydroxyl groups excluding tert-OH is 11. The summed E-state index contributed by atoms with van der Waals surface area (Å²) in [6.45, 7) is 7.28. The van der Waals surface area contributed by atoms with Gasteiger partial charge in [0.05, 0.1) is 38.6 Å². The first-order valence-corrected chi connectivity index (χ1v) is 23.9. The highest BCUT2D eigenvalue weighted by Crippen LogP contribution is 2.71. The zero-order valence-electron chi connectivity index (χ0n) is 37.5. The average Bonchev–Trinajstić information content (AvgIpc) is 3.71. The molecule has 0 aromatic heterocycles. The van der Waals surface area contributed by atoms with Crippen LogP contribution in [-0.2, 0) is 33.2 Å². The van der Waals surface area contributed by atoms with Crippen molar-refractivity contribution < 1.29 is 94.4 Å². The van der Waals surface area contributed by atoms with E-state index in [2.05, 4.69) is 20.8 Å². The van der Waals surface area contributed by atoms with E-state index in [4.69, 9.17) is 33.2 Å². The van der Waals surface area contributed by atoms with Gasteiger partial charge in [0.1, 0.15) is 73.2 Å². The first-order valence-electron chi connectivity index (χ1n) is 23.9. The van der Waals surface area contributed by atoms with Crippen molar-refractivity contribution in [1.29, 1.82) is 0 Å². The van der Waals surface area contributed by atoms with Crippen LogP contribution in [0.3, 0.4) is 0 Å². The predicted octanol–water partition coefficient (Wildman–Crippen LogP) is -1.78. The fourth-order valence-corrected chi connectivity index (χ4v) is 14.2. The molecule has 8 fully saturated rings. The van der Waals surface area contributed by atoms with Gasteiger partial charge in [0.2, 0.25) is 0 Å². The molecule has 19 nitrogen and oxygen atoms in total. The van der Waals surface area contributed by atoms with E-state index in [1.165, 1.54) is 0 Å². The smallest absolute Gasteiger partial charge is 0.187 e. The first kappa shape index (κ1) is 49.7. The van der Waals surface area contributed by atoms with E-state index in [-0.39, 0.29) is 47.4 Å². The molecule has 19 heteroatoms. The van der Waals surface area contributed by atoms with Crippen molar-refractivity contribution in [3.63, 3.8) is 0 Å². The molecule has 4 aliphatic carbocycles. The van der Waals surface area contributed by atoms with Crippen LogP contribution in [-0.4, -0.2) is 198 Å². The van der Waals surface area contributed by atoms with Gasteiger partial charge in [0, 0.05) is 12.3 Å². The van der Waals surface area contributed by atoms with Crippen LogP contribution in [0.1, 0.15) is 91.9 Å². The lowest BCUT2D eigenvalue weighted by Crippen LogP contribution is -2.65. The minimum Gasteiger partial charge on any atom is -0.394 e. The molecule has 4 saturated heterocycles. The van der Waals surface area contributed by atoms with Crippen molar-refractivity contribution in [2.75, 3.05) is 26.4 Å². The summed E-state index contributed by atoms with van der Waals surface area (Å²) in [6, 6.07) is 0. The summed E-state index contributed by atoms with van der Waals surface area (Å²) >= 11 is 0. The van der Waals surface area contributed by atoms with Gasteiger partial charge < -0.3 is 94.4 Å². The molecule has 4 heterocycles. The third-order valence-corrected chi connectivity index (χ3v) is 18.0. The maximum absolute atomic E-state index is 12.1. The standard InChI is InChI=1S/C45H76O19/c1-19(18-58-40-37(55)34(52)31(49)27(15-46)60-40)7-12-45(57)20(2)30-26(64-45)14-25-23-6-5-21-13-22(8-10-43(21,3)24(23)9-11-44(25,30)4)59-42-39(36(54)33(51)29(17-48)62-42)63-41-38(56)35(53)32(50)28(16-47)61-41/h19-42,46-57H,5-18H2,1-4H3/t19-,20-,21+,22?,23+,24-,25-,26-,27+,28+,29+,30+,31?,32?,33?,34?,35?,36?,37?,38?,39+,40?,41?,42?,43?,44?,45?/m0/s1. The Bertz CT molecular complexity index is 1560. The summed E-state index contributed by atoms with van der Waals surface area (Å²) in [5.41, 5.74) is 0.0475. The van der Waals surface area contributed by atoms with Crippen molar-refractivity contribution >= 4 is 0 Å². The lowest BCUT2D eigenvalue weighted by atomic mass is 9.44. The minimum absolute atomic E-state index is 0.00000712. The molecule has 0 aromatic carbocycles. The van der Waals surface area contributed by atoms with E-state index >= 15 is 0 Å². The molecular weight excluding hydrogens is 844 g/mol. The van der Waals surface area contributed by atoms with Crippen molar-refractivity contribution in [1.82, 2.24) is 0 Å². The van der Waals surface area contributed by atoms with Crippen LogP contribution in [0.25, 0.3) is 0 Å². The third-order valence-electron chi connectivity index (χ3n) is 18.0. The summed E-state index contributed by atoms with van der Waals surface area (Å²) in [5, 5.41) is 125. The number of ether oxygens (including phenoxy) is 7. The molecule has 8 rings (SSSR count). The fourth-order valence-electron chi connectivity index (χ4n) is 14.2. The number of rotatable bonds is 13. The fraction of sp³-hybridized carbons (Fsp3) is 1.00.